The van der Waals surface area contributed by atoms with Gasteiger partial charge >= 0.3 is 0 Å². The standard InChI is InChI=1S/C15H15N3/c1-3-12-6-4-5-11(2)15(12)18-14-10-17-8-7-13(14)9-16/h4-8,10,18H,3H2,1-2H3. The van der Waals surface area contributed by atoms with Crippen LogP contribution in [0.3, 0.4) is 0 Å². The van der Waals surface area contributed by atoms with Crippen molar-refractivity contribution in [1.82, 2.24) is 4.98 Å². The number of nitrogens with one attached hydrogen (secondary N) is 1. The van der Waals surface area contributed by atoms with Crippen molar-refractivity contribution in [3.63, 3.8) is 0 Å². The highest BCUT2D eigenvalue weighted by atomic mass is 14.9. The molecule has 3 heteroatoms. The molecule has 0 aliphatic rings. The summed E-state index contributed by atoms with van der Waals surface area (Å²) in [5.41, 5.74) is 4.84. The Morgan fingerprint density at radius 1 is 1.33 bits per heavy atom. The molecule has 1 N–H and O–H groups in total. The van der Waals surface area contributed by atoms with Crippen molar-refractivity contribution in [2.75, 3.05) is 5.32 Å². The van der Waals surface area contributed by atoms with E-state index in [0.29, 0.717) is 5.56 Å². The van der Waals surface area contributed by atoms with Crippen LogP contribution in [0.25, 0.3) is 0 Å². The van der Waals surface area contributed by atoms with Gasteiger partial charge in [-0.15, -0.1) is 0 Å². The second kappa shape index (κ2) is 5.33. The van der Waals surface area contributed by atoms with Crippen LogP contribution in [0.15, 0.2) is 36.7 Å². The van der Waals surface area contributed by atoms with Crippen LogP contribution in [0.1, 0.15) is 23.6 Å². The van der Waals surface area contributed by atoms with E-state index in [1.165, 1.54) is 11.1 Å². The van der Waals surface area contributed by atoms with Gasteiger partial charge in [-0.05, 0) is 30.5 Å². The molecule has 0 saturated heterocycles. The van der Waals surface area contributed by atoms with Gasteiger partial charge in [-0.1, -0.05) is 25.1 Å². The van der Waals surface area contributed by atoms with Gasteiger partial charge < -0.3 is 5.32 Å². The maximum Gasteiger partial charge on any atom is 0.101 e. The maximum atomic E-state index is 9.07. The van der Waals surface area contributed by atoms with Gasteiger partial charge in [-0.25, -0.2) is 0 Å². The van der Waals surface area contributed by atoms with Crippen LogP contribution in [-0.4, -0.2) is 4.98 Å². The molecule has 0 aliphatic heterocycles. The molecule has 0 atom stereocenters. The van der Waals surface area contributed by atoms with Crippen LogP contribution in [0.5, 0.6) is 0 Å². The summed E-state index contributed by atoms with van der Waals surface area (Å²) in [6, 6.07) is 10.1. The predicted octanol–water partition coefficient (Wildman–Crippen LogP) is 3.57. The van der Waals surface area contributed by atoms with Gasteiger partial charge in [0.2, 0.25) is 0 Å². The number of benzene rings is 1. The van der Waals surface area contributed by atoms with Gasteiger partial charge in [0, 0.05) is 11.9 Å². The summed E-state index contributed by atoms with van der Waals surface area (Å²) >= 11 is 0. The first kappa shape index (κ1) is 12.1. The van der Waals surface area contributed by atoms with Gasteiger partial charge in [0.25, 0.3) is 0 Å². The minimum Gasteiger partial charge on any atom is -0.353 e. The fraction of sp³-hybridized carbons (Fsp3) is 0.200. The minimum absolute atomic E-state index is 0.607. The lowest BCUT2D eigenvalue weighted by molar-refractivity contribution is 1.13. The average molecular weight is 237 g/mol. The van der Waals surface area contributed by atoms with E-state index >= 15 is 0 Å². The predicted molar refractivity (Wildman–Crippen MR) is 72.8 cm³/mol. The zero-order valence-corrected chi connectivity index (χ0v) is 10.6. The van der Waals surface area contributed by atoms with E-state index in [-0.39, 0.29) is 0 Å². The summed E-state index contributed by atoms with van der Waals surface area (Å²) in [4.78, 5) is 4.06. The third kappa shape index (κ3) is 2.33. The lowest BCUT2D eigenvalue weighted by Crippen LogP contribution is -2.00. The summed E-state index contributed by atoms with van der Waals surface area (Å²) < 4.78 is 0. The fourth-order valence-electron chi connectivity index (χ4n) is 1.93. The first-order valence-electron chi connectivity index (χ1n) is 5.96. The Hall–Kier alpha value is -2.34. The van der Waals surface area contributed by atoms with Gasteiger partial charge in [-0.3, -0.25) is 4.98 Å². The highest BCUT2D eigenvalue weighted by molar-refractivity contribution is 5.70. The largest absolute Gasteiger partial charge is 0.353 e. The van der Waals surface area contributed by atoms with Gasteiger partial charge in [0.15, 0.2) is 0 Å². The molecule has 0 aliphatic carbocycles. The molecule has 0 bridgehead atoms. The molecule has 90 valence electrons. The average Bonchev–Trinajstić information content (AvgIpc) is 2.41. The lowest BCUT2D eigenvalue weighted by atomic mass is 10.1. The Bertz CT molecular complexity index is 597. The Kier molecular flexibility index (Phi) is 3.59. The number of anilines is 2. The Morgan fingerprint density at radius 3 is 2.89 bits per heavy atom. The van der Waals surface area contributed by atoms with Crippen LogP contribution in [-0.2, 0) is 6.42 Å². The molecular formula is C15H15N3. The van der Waals surface area contributed by atoms with Crippen LogP contribution in [0, 0.1) is 18.3 Å². The van der Waals surface area contributed by atoms with Gasteiger partial charge in [-0.2, -0.15) is 5.26 Å². The summed E-state index contributed by atoms with van der Waals surface area (Å²) in [6.07, 6.45) is 4.26. The Morgan fingerprint density at radius 2 is 2.17 bits per heavy atom. The molecule has 0 spiro atoms. The van der Waals surface area contributed by atoms with Crippen molar-refractivity contribution in [3.05, 3.63) is 53.3 Å². The first-order valence-corrected chi connectivity index (χ1v) is 5.96. The van der Waals surface area contributed by atoms with Crippen molar-refractivity contribution >= 4 is 11.4 Å². The number of para-hydroxylation sites is 1. The summed E-state index contributed by atoms with van der Waals surface area (Å²) in [5, 5.41) is 12.4. The molecule has 3 nitrogen and oxygen atoms in total. The highest BCUT2D eigenvalue weighted by Gasteiger charge is 2.07. The highest BCUT2D eigenvalue weighted by Crippen LogP contribution is 2.26. The summed E-state index contributed by atoms with van der Waals surface area (Å²) in [7, 11) is 0. The fourth-order valence-corrected chi connectivity index (χ4v) is 1.93. The zero-order valence-electron chi connectivity index (χ0n) is 10.6. The molecule has 1 aromatic carbocycles. The molecule has 1 heterocycles. The molecular weight excluding hydrogens is 222 g/mol. The van der Waals surface area contributed by atoms with E-state index in [1.807, 2.05) is 6.07 Å². The molecule has 0 amide bonds. The van der Waals surface area contributed by atoms with Crippen molar-refractivity contribution < 1.29 is 0 Å². The van der Waals surface area contributed by atoms with Crippen molar-refractivity contribution in [2.45, 2.75) is 20.3 Å². The maximum absolute atomic E-state index is 9.07. The number of hydrogen-bond acceptors (Lipinski definition) is 3. The van der Waals surface area contributed by atoms with Crippen LogP contribution >= 0.6 is 0 Å². The molecule has 0 radical (unpaired) electrons. The number of nitrogens with zero attached hydrogens (tertiary/aromatic N) is 2. The van der Waals surface area contributed by atoms with E-state index in [0.717, 1.165) is 17.8 Å². The zero-order chi connectivity index (χ0) is 13.0. The topological polar surface area (TPSA) is 48.7 Å². The van der Waals surface area contributed by atoms with E-state index < -0.39 is 0 Å². The molecule has 1 aromatic heterocycles. The third-order valence-corrected chi connectivity index (χ3v) is 2.94. The summed E-state index contributed by atoms with van der Waals surface area (Å²) in [5.74, 6) is 0. The summed E-state index contributed by atoms with van der Waals surface area (Å²) in [6.45, 7) is 4.18. The smallest absolute Gasteiger partial charge is 0.101 e. The van der Waals surface area contributed by atoms with Gasteiger partial charge in [0.05, 0.1) is 17.4 Å². The van der Waals surface area contributed by atoms with Crippen LogP contribution < -0.4 is 5.32 Å². The third-order valence-electron chi connectivity index (χ3n) is 2.94. The van der Waals surface area contributed by atoms with Crippen molar-refractivity contribution in [3.8, 4) is 6.07 Å². The van der Waals surface area contributed by atoms with Crippen molar-refractivity contribution in [1.29, 1.82) is 5.26 Å². The van der Waals surface area contributed by atoms with E-state index in [2.05, 4.69) is 42.4 Å². The van der Waals surface area contributed by atoms with Gasteiger partial charge in [0.1, 0.15) is 6.07 Å². The van der Waals surface area contributed by atoms with Crippen molar-refractivity contribution in [2.24, 2.45) is 0 Å². The molecule has 18 heavy (non-hydrogen) atoms. The number of rotatable bonds is 3. The number of nitriles is 1. The minimum atomic E-state index is 0.607. The lowest BCUT2D eigenvalue weighted by Gasteiger charge is -2.14. The quantitative estimate of drug-likeness (QED) is 0.887. The Labute approximate surface area is 107 Å². The molecule has 0 fully saturated rings. The van der Waals surface area contributed by atoms with E-state index in [4.69, 9.17) is 5.26 Å². The first-order chi connectivity index (χ1) is 8.76. The number of hydrogen-bond donors (Lipinski definition) is 1. The molecule has 0 unspecified atom stereocenters. The molecule has 2 rings (SSSR count). The number of aryl methyl sites for hydroxylation is 2. The monoisotopic (exact) mass is 237 g/mol. The normalized spacial score (nSPS) is 9.83. The van der Waals surface area contributed by atoms with E-state index in [9.17, 15) is 0 Å². The second-order valence-electron chi connectivity index (χ2n) is 4.12. The second-order valence-corrected chi connectivity index (χ2v) is 4.12. The van der Waals surface area contributed by atoms with E-state index in [1.54, 1.807) is 18.5 Å². The van der Waals surface area contributed by atoms with Crippen LogP contribution in [0.2, 0.25) is 0 Å². The number of aromatic nitrogens is 1. The van der Waals surface area contributed by atoms with Crippen LogP contribution in [0.4, 0.5) is 11.4 Å². The number of pyridine rings is 1. The SMILES string of the molecule is CCc1cccc(C)c1Nc1cnccc1C#N. The molecule has 0 saturated carbocycles. The Balaban J connectivity index is 2.43. The molecule has 2 aromatic rings.